The number of urea groups is 1. The molecule has 0 unspecified atom stereocenters. The molecule has 1 aromatic carbocycles. The van der Waals surface area contributed by atoms with E-state index in [0.29, 0.717) is 18.9 Å². The van der Waals surface area contributed by atoms with Crippen LogP contribution in [0.4, 0.5) is 10.6 Å². The van der Waals surface area contributed by atoms with E-state index in [-0.39, 0.29) is 11.9 Å². The van der Waals surface area contributed by atoms with Gasteiger partial charge in [0, 0.05) is 44.1 Å². The number of pyridine rings is 1. The second-order valence-corrected chi connectivity index (χ2v) is 6.74. The summed E-state index contributed by atoms with van der Waals surface area (Å²) in [6.07, 6.45) is 4.84. The summed E-state index contributed by atoms with van der Waals surface area (Å²) in [6, 6.07) is 13.4. The highest BCUT2D eigenvalue weighted by Gasteiger charge is 2.11. The molecule has 150 valence electrons. The predicted octanol–water partition coefficient (Wildman–Crippen LogP) is 3.39. The number of carbonyl (C=O) groups is 2. The zero-order valence-electron chi connectivity index (χ0n) is 16.8. The van der Waals surface area contributed by atoms with Gasteiger partial charge in [-0.3, -0.25) is 10.1 Å². The van der Waals surface area contributed by atoms with Gasteiger partial charge in [-0.2, -0.15) is 0 Å². The van der Waals surface area contributed by atoms with E-state index in [1.165, 1.54) is 6.08 Å². The average molecular weight is 391 g/mol. The Balaban J connectivity index is 1.60. The highest BCUT2D eigenvalue weighted by Crippen LogP contribution is 2.19. The lowest BCUT2D eigenvalue weighted by molar-refractivity contribution is -0.125. The molecule has 2 N–H and O–H groups in total. The van der Waals surface area contributed by atoms with Gasteiger partial charge in [-0.05, 0) is 48.2 Å². The number of likely N-dealkylation sites (N-methyl/N-ethyl adjacent to an activating group) is 1. The van der Waals surface area contributed by atoms with Crippen LogP contribution in [0.25, 0.3) is 17.0 Å². The summed E-state index contributed by atoms with van der Waals surface area (Å²) in [5, 5.41) is 6.43. The number of nitrogens with zero attached hydrogens (tertiary/aromatic N) is 3. The van der Waals surface area contributed by atoms with Crippen LogP contribution in [-0.2, 0) is 18.4 Å². The van der Waals surface area contributed by atoms with E-state index in [4.69, 9.17) is 0 Å². The van der Waals surface area contributed by atoms with Crippen LogP contribution in [0.15, 0.2) is 54.7 Å². The number of hydrogen-bond acceptors (Lipinski definition) is 3. The second-order valence-electron chi connectivity index (χ2n) is 6.74. The SMILES string of the molecule is CCNC(=O)Nc1ccc(/C=C/C(=O)N(C)Cc2cc3ccccc3n2C)cn1. The molecule has 0 aliphatic carbocycles. The van der Waals surface area contributed by atoms with Crippen LogP contribution >= 0.6 is 0 Å². The Kier molecular flexibility index (Phi) is 6.29. The van der Waals surface area contributed by atoms with E-state index in [9.17, 15) is 9.59 Å². The summed E-state index contributed by atoms with van der Waals surface area (Å²) in [4.78, 5) is 29.8. The molecule has 2 heterocycles. The third-order valence-electron chi connectivity index (χ3n) is 4.61. The van der Waals surface area contributed by atoms with Crippen molar-refractivity contribution < 1.29 is 9.59 Å². The number of aryl methyl sites for hydroxylation is 1. The minimum atomic E-state index is -0.298. The molecular formula is C22H25N5O2. The fraction of sp³-hybridized carbons (Fsp3) is 0.227. The van der Waals surface area contributed by atoms with Crippen molar-refractivity contribution in [3.63, 3.8) is 0 Å². The summed E-state index contributed by atoms with van der Waals surface area (Å²) in [7, 11) is 3.79. The molecule has 0 aliphatic heterocycles. The largest absolute Gasteiger partial charge is 0.346 e. The van der Waals surface area contributed by atoms with Gasteiger partial charge in [-0.15, -0.1) is 0 Å². The van der Waals surface area contributed by atoms with Crippen molar-refractivity contribution in [3.05, 3.63) is 66.0 Å². The van der Waals surface area contributed by atoms with E-state index in [1.54, 1.807) is 36.4 Å². The molecule has 29 heavy (non-hydrogen) atoms. The van der Waals surface area contributed by atoms with Gasteiger partial charge in [-0.1, -0.05) is 18.2 Å². The molecule has 0 saturated heterocycles. The lowest BCUT2D eigenvalue weighted by Gasteiger charge is -2.15. The quantitative estimate of drug-likeness (QED) is 0.632. The number of anilines is 1. The van der Waals surface area contributed by atoms with Crippen LogP contribution < -0.4 is 10.6 Å². The van der Waals surface area contributed by atoms with Gasteiger partial charge in [0.1, 0.15) is 5.82 Å². The smallest absolute Gasteiger partial charge is 0.320 e. The first kappa shape index (κ1) is 20.1. The van der Waals surface area contributed by atoms with Gasteiger partial charge in [-0.25, -0.2) is 9.78 Å². The van der Waals surface area contributed by atoms with Gasteiger partial charge in [0.15, 0.2) is 0 Å². The number of amides is 3. The molecule has 0 bridgehead atoms. The summed E-state index contributed by atoms with van der Waals surface area (Å²) < 4.78 is 2.10. The number of nitrogens with one attached hydrogen (secondary N) is 2. The molecule has 2 aromatic heterocycles. The number of fused-ring (bicyclic) bond motifs is 1. The number of para-hydroxylation sites is 1. The highest BCUT2D eigenvalue weighted by molar-refractivity contribution is 5.92. The lowest BCUT2D eigenvalue weighted by Crippen LogP contribution is -2.28. The Morgan fingerprint density at radius 1 is 1.21 bits per heavy atom. The van der Waals surface area contributed by atoms with E-state index >= 15 is 0 Å². The van der Waals surface area contributed by atoms with Crippen molar-refractivity contribution >= 4 is 34.7 Å². The van der Waals surface area contributed by atoms with Crippen LogP contribution in [0.1, 0.15) is 18.2 Å². The molecule has 7 nitrogen and oxygen atoms in total. The third-order valence-corrected chi connectivity index (χ3v) is 4.61. The standard InChI is InChI=1S/C22H25N5O2/c1-4-23-22(29)25-20-11-9-16(14-24-20)10-12-21(28)26(2)15-18-13-17-7-5-6-8-19(17)27(18)3/h5-14H,4,15H2,1-3H3,(H2,23,24,25,29)/b12-10+. The topological polar surface area (TPSA) is 79.3 Å². The molecule has 3 rings (SSSR count). The van der Waals surface area contributed by atoms with Crippen molar-refractivity contribution in [3.8, 4) is 0 Å². The predicted molar refractivity (Wildman–Crippen MR) is 115 cm³/mol. The number of aromatic nitrogens is 2. The van der Waals surface area contributed by atoms with Crippen LogP contribution in [0.2, 0.25) is 0 Å². The summed E-state index contributed by atoms with van der Waals surface area (Å²) in [5.74, 6) is 0.354. The maximum absolute atomic E-state index is 12.5. The van der Waals surface area contributed by atoms with Gasteiger partial charge >= 0.3 is 6.03 Å². The maximum atomic E-state index is 12.5. The van der Waals surface area contributed by atoms with Crippen molar-refractivity contribution in [2.45, 2.75) is 13.5 Å². The summed E-state index contributed by atoms with van der Waals surface area (Å²) in [6.45, 7) is 2.90. The van der Waals surface area contributed by atoms with Gasteiger partial charge < -0.3 is 14.8 Å². The molecular weight excluding hydrogens is 366 g/mol. The van der Waals surface area contributed by atoms with Crippen molar-refractivity contribution in [2.24, 2.45) is 7.05 Å². The first-order chi connectivity index (χ1) is 14.0. The molecule has 7 heteroatoms. The number of rotatable bonds is 6. The van der Waals surface area contributed by atoms with Gasteiger partial charge in [0.2, 0.25) is 5.91 Å². The fourth-order valence-corrected chi connectivity index (χ4v) is 3.01. The molecule has 0 radical (unpaired) electrons. The third kappa shape index (κ3) is 5.01. The van der Waals surface area contributed by atoms with Crippen LogP contribution in [-0.4, -0.2) is 40.0 Å². The molecule has 0 spiro atoms. The van der Waals surface area contributed by atoms with Crippen LogP contribution in [0.5, 0.6) is 0 Å². The Bertz CT molecular complexity index is 1040. The highest BCUT2D eigenvalue weighted by atomic mass is 16.2. The first-order valence-electron chi connectivity index (χ1n) is 9.45. The molecule has 0 aliphatic rings. The lowest BCUT2D eigenvalue weighted by atomic mass is 10.2. The monoisotopic (exact) mass is 391 g/mol. The number of hydrogen-bond donors (Lipinski definition) is 2. The Labute approximate surface area is 170 Å². The fourth-order valence-electron chi connectivity index (χ4n) is 3.01. The molecule has 0 saturated carbocycles. The van der Waals surface area contributed by atoms with Crippen LogP contribution in [0, 0.1) is 0 Å². The Morgan fingerprint density at radius 3 is 2.69 bits per heavy atom. The van der Waals surface area contributed by atoms with Crippen LogP contribution in [0.3, 0.4) is 0 Å². The Hall–Kier alpha value is -3.61. The van der Waals surface area contributed by atoms with E-state index in [0.717, 1.165) is 22.2 Å². The van der Waals surface area contributed by atoms with Gasteiger partial charge in [0.05, 0.1) is 6.54 Å². The zero-order chi connectivity index (χ0) is 20.8. The van der Waals surface area contributed by atoms with E-state index in [2.05, 4.69) is 38.4 Å². The molecule has 0 fully saturated rings. The second kappa shape index (κ2) is 9.05. The van der Waals surface area contributed by atoms with Gasteiger partial charge in [0.25, 0.3) is 0 Å². The van der Waals surface area contributed by atoms with Crippen molar-refractivity contribution in [1.29, 1.82) is 0 Å². The normalized spacial score (nSPS) is 11.0. The van der Waals surface area contributed by atoms with Crippen molar-refractivity contribution in [2.75, 3.05) is 18.9 Å². The minimum Gasteiger partial charge on any atom is -0.346 e. The summed E-state index contributed by atoms with van der Waals surface area (Å²) >= 11 is 0. The zero-order valence-corrected chi connectivity index (χ0v) is 16.8. The number of benzene rings is 1. The molecule has 3 amide bonds. The number of carbonyl (C=O) groups excluding carboxylic acids is 2. The molecule has 0 atom stereocenters. The first-order valence-corrected chi connectivity index (χ1v) is 9.45. The van der Waals surface area contributed by atoms with Crippen molar-refractivity contribution in [1.82, 2.24) is 19.8 Å². The Morgan fingerprint density at radius 2 is 2.00 bits per heavy atom. The minimum absolute atomic E-state index is 0.0974. The van der Waals surface area contributed by atoms with E-state index in [1.807, 2.05) is 26.1 Å². The maximum Gasteiger partial charge on any atom is 0.320 e. The molecule has 3 aromatic rings. The average Bonchev–Trinajstić information content (AvgIpc) is 3.03. The summed E-state index contributed by atoms with van der Waals surface area (Å²) in [5.41, 5.74) is 2.99. The van der Waals surface area contributed by atoms with E-state index < -0.39 is 0 Å².